The van der Waals surface area contributed by atoms with Crippen LogP contribution in [0.25, 0.3) is 0 Å². The molecule has 1 fully saturated rings. The Bertz CT molecular complexity index is 1440. The highest BCUT2D eigenvalue weighted by atomic mass is 32.2. The van der Waals surface area contributed by atoms with Gasteiger partial charge >= 0.3 is 0 Å². The summed E-state index contributed by atoms with van der Waals surface area (Å²) in [6.07, 6.45) is 3.50. The van der Waals surface area contributed by atoms with Crippen molar-refractivity contribution in [3.8, 4) is 5.75 Å². The van der Waals surface area contributed by atoms with Crippen molar-refractivity contribution in [1.82, 2.24) is 19.7 Å². The summed E-state index contributed by atoms with van der Waals surface area (Å²) in [6, 6.07) is 21.8. The van der Waals surface area contributed by atoms with Crippen LogP contribution in [0.2, 0.25) is 0 Å². The lowest BCUT2D eigenvalue weighted by molar-refractivity contribution is 0.301. The SMILES string of the molecule is Cc1cc(Nc2ccc(OCc3ccccn3)cc2)nc(Nc2cccc(S(=O)(=O)NC3CC3)c2)n1. The Morgan fingerprint density at radius 3 is 2.50 bits per heavy atom. The first-order valence-corrected chi connectivity index (χ1v) is 13.1. The van der Waals surface area contributed by atoms with Crippen molar-refractivity contribution < 1.29 is 13.2 Å². The van der Waals surface area contributed by atoms with Gasteiger partial charge in [-0.25, -0.2) is 18.1 Å². The quantitative estimate of drug-likeness (QED) is 0.286. The van der Waals surface area contributed by atoms with Gasteiger partial charge in [0, 0.05) is 35.4 Å². The number of aryl methyl sites for hydroxylation is 1. The molecule has 0 radical (unpaired) electrons. The summed E-state index contributed by atoms with van der Waals surface area (Å²) in [5.74, 6) is 1.70. The van der Waals surface area contributed by atoms with Gasteiger partial charge in [-0.1, -0.05) is 12.1 Å². The summed E-state index contributed by atoms with van der Waals surface area (Å²) >= 11 is 0. The van der Waals surface area contributed by atoms with Crippen LogP contribution in [0, 0.1) is 6.92 Å². The molecule has 2 aromatic carbocycles. The molecule has 0 unspecified atom stereocenters. The summed E-state index contributed by atoms with van der Waals surface area (Å²) < 4.78 is 33.6. The van der Waals surface area contributed by atoms with Crippen LogP contribution in [0.15, 0.2) is 83.9 Å². The maximum absolute atomic E-state index is 12.5. The number of pyridine rings is 1. The molecule has 0 bridgehead atoms. The van der Waals surface area contributed by atoms with Crippen LogP contribution >= 0.6 is 0 Å². The van der Waals surface area contributed by atoms with E-state index in [9.17, 15) is 8.42 Å². The van der Waals surface area contributed by atoms with Crippen molar-refractivity contribution in [1.29, 1.82) is 0 Å². The lowest BCUT2D eigenvalue weighted by Gasteiger charge is -2.12. The lowest BCUT2D eigenvalue weighted by Crippen LogP contribution is -2.25. The van der Waals surface area contributed by atoms with Gasteiger partial charge in [-0.05, 0) is 74.4 Å². The van der Waals surface area contributed by atoms with Gasteiger partial charge in [0.15, 0.2) is 0 Å². The number of anilines is 4. The monoisotopic (exact) mass is 502 g/mol. The summed E-state index contributed by atoms with van der Waals surface area (Å²) in [5.41, 5.74) is 3.03. The van der Waals surface area contributed by atoms with Crippen LogP contribution in [-0.4, -0.2) is 29.4 Å². The van der Waals surface area contributed by atoms with Gasteiger partial charge in [0.1, 0.15) is 18.2 Å². The lowest BCUT2D eigenvalue weighted by atomic mass is 10.3. The number of benzene rings is 2. The number of nitrogens with one attached hydrogen (secondary N) is 3. The van der Waals surface area contributed by atoms with Crippen molar-refractivity contribution in [3.63, 3.8) is 0 Å². The molecule has 0 saturated heterocycles. The maximum Gasteiger partial charge on any atom is 0.240 e. The summed E-state index contributed by atoms with van der Waals surface area (Å²) in [5, 5.41) is 6.38. The summed E-state index contributed by atoms with van der Waals surface area (Å²) in [7, 11) is -3.55. The normalized spacial score (nSPS) is 13.2. The van der Waals surface area contributed by atoms with E-state index < -0.39 is 10.0 Å². The van der Waals surface area contributed by atoms with E-state index in [2.05, 4.69) is 30.3 Å². The van der Waals surface area contributed by atoms with E-state index in [4.69, 9.17) is 4.74 Å². The topological polar surface area (TPSA) is 118 Å². The van der Waals surface area contributed by atoms with E-state index >= 15 is 0 Å². The van der Waals surface area contributed by atoms with Gasteiger partial charge in [-0.3, -0.25) is 4.98 Å². The Morgan fingerprint density at radius 1 is 0.917 bits per heavy atom. The van der Waals surface area contributed by atoms with E-state index in [0.29, 0.717) is 24.1 Å². The predicted octanol–water partition coefficient (Wildman–Crippen LogP) is 4.69. The fourth-order valence-corrected chi connectivity index (χ4v) is 4.82. The molecule has 3 N–H and O–H groups in total. The average molecular weight is 503 g/mol. The molecule has 0 spiro atoms. The first-order valence-electron chi connectivity index (χ1n) is 11.6. The number of nitrogens with zero attached hydrogens (tertiary/aromatic N) is 3. The third-order valence-electron chi connectivity index (χ3n) is 5.39. The molecular weight excluding hydrogens is 476 g/mol. The molecule has 2 heterocycles. The molecule has 36 heavy (non-hydrogen) atoms. The average Bonchev–Trinajstić information content (AvgIpc) is 3.67. The van der Waals surface area contributed by atoms with Crippen LogP contribution < -0.4 is 20.1 Å². The smallest absolute Gasteiger partial charge is 0.240 e. The third kappa shape index (κ3) is 6.35. The van der Waals surface area contributed by atoms with E-state index in [1.807, 2.05) is 55.5 Å². The Hall–Kier alpha value is -4.02. The molecule has 1 aliphatic rings. The minimum atomic E-state index is -3.55. The van der Waals surface area contributed by atoms with E-state index in [-0.39, 0.29) is 10.9 Å². The number of ether oxygens (including phenoxy) is 1. The van der Waals surface area contributed by atoms with Crippen molar-refractivity contribution >= 4 is 33.2 Å². The molecule has 2 aromatic heterocycles. The van der Waals surface area contributed by atoms with Gasteiger partial charge in [0.25, 0.3) is 0 Å². The molecule has 0 aliphatic heterocycles. The number of aromatic nitrogens is 3. The standard InChI is InChI=1S/C26H26N6O3S/c1-18-15-25(29-19-10-12-23(13-11-19)35-17-22-5-2-3-14-27-22)31-26(28-18)30-21-6-4-7-24(16-21)36(33,34)32-20-8-9-20/h2-7,10-16,20,32H,8-9,17H2,1H3,(H2,28,29,30,31). The van der Waals surface area contributed by atoms with Gasteiger partial charge in [-0.15, -0.1) is 0 Å². The minimum absolute atomic E-state index is 0.0434. The van der Waals surface area contributed by atoms with Crippen LogP contribution in [0.1, 0.15) is 24.2 Å². The zero-order valence-electron chi connectivity index (χ0n) is 19.7. The molecule has 1 saturated carbocycles. The largest absolute Gasteiger partial charge is 0.487 e. The Balaban J connectivity index is 1.25. The molecule has 0 atom stereocenters. The first-order chi connectivity index (χ1) is 17.4. The molecular formula is C26H26N6O3S. The second kappa shape index (κ2) is 10.3. The predicted molar refractivity (Wildman–Crippen MR) is 138 cm³/mol. The second-order valence-corrected chi connectivity index (χ2v) is 10.2. The summed E-state index contributed by atoms with van der Waals surface area (Å²) in [4.78, 5) is 13.4. The van der Waals surface area contributed by atoms with E-state index in [1.165, 1.54) is 0 Å². The maximum atomic E-state index is 12.5. The number of hydrogen-bond donors (Lipinski definition) is 3. The van der Waals surface area contributed by atoms with Gasteiger partial charge in [-0.2, -0.15) is 4.98 Å². The van der Waals surface area contributed by atoms with Crippen LogP contribution in [-0.2, 0) is 16.6 Å². The second-order valence-electron chi connectivity index (χ2n) is 8.53. The van der Waals surface area contributed by atoms with Crippen molar-refractivity contribution in [2.24, 2.45) is 0 Å². The highest BCUT2D eigenvalue weighted by Crippen LogP contribution is 2.25. The van der Waals surface area contributed by atoms with Gasteiger partial charge < -0.3 is 15.4 Å². The van der Waals surface area contributed by atoms with Crippen LogP contribution in [0.5, 0.6) is 5.75 Å². The fourth-order valence-electron chi connectivity index (χ4n) is 3.47. The van der Waals surface area contributed by atoms with Crippen LogP contribution in [0.3, 0.4) is 0 Å². The zero-order chi connectivity index (χ0) is 25.0. The molecule has 1 aliphatic carbocycles. The van der Waals surface area contributed by atoms with Crippen molar-refractivity contribution in [2.75, 3.05) is 10.6 Å². The first kappa shape index (κ1) is 23.7. The Morgan fingerprint density at radius 2 is 1.75 bits per heavy atom. The highest BCUT2D eigenvalue weighted by molar-refractivity contribution is 7.89. The Labute approximate surface area is 210 Å². The van der Waals surface area contributed by atoms with Crippen LogP contribution in [0.4, 0.5) is 23.1 Å². The molecule has 0 amide bonds. The molecule has 9 nitrogen and oxygen atoms in total. The molecule has 5 rings (SSSR count). The number of rotatable bonds is 10. The molecule has 10 heteroatoms. The van der Waals surface area contributed by atoms with E-state index in [0.717, 1.165) is 35.7 Å². The fraction of sp³-hybridized carbons (Fsp3) is 0.192. The van der Waals surface area contributed by atoms with E-state index in [1.54, 1.807) is 30.5 Å². The number of sulfonamides is 1. The summed E-state index contributed by atoms with van der Waals surface area (Å²) in [6.45, 7) is 2.26. The molecule has 4 aromatic rings. The van der Waals surface area contributed by atoms with Crippen molar-refractivity contribution in [2.45, 2.75) is 37.3 Å². The van der Waals surface area contributed by atoms with Gasteiger partial charge in [0.05, 0.1) is 10.6 Å². The van der Waals surface area contributed by atoms with Crippen molar-refractivity contribution in [3.05, 3.63) is 90.4 Å². The third-order valence-corrected chi connectivity index (χ3v) is 6.91. The zero-order valence-corrected chi connectivity index (χ0v) is 20.5. The number of hydrogen-bond acceptors (Lipinski definition) is 8. The molecule has 184 valence electrons. The highest BCUT2D eigenvalue weighted by Gasteiger charge is 2.28. The van der Waals surface area contributed by atoms with Gasteiger partial charge in [0.2, 0.25) is 16.0 Å². The minimum Gasteiger partial charge on any atom is -0.487 e. The Kier molecular flexibility index (Phi) is 6.79.